The van der Waals surface area contributed by atoms with Crippen molar-refractivity contribution < 1.29 is 23.8 Å². The van der Waals surface area contributed by atoms with Crippen molar-refractivity contribution in [1.29, 1.82) is 0 Å². The van der Waals surface area contributed by atoms with Crippen LogP contribution >= 0.6 is 0 Å². The van der Waals surface area contributed by atoms with Crippen molar-refractivity contribution in [2.45, 2.75) is 38.6 Å². The molecule has 1 saturated carbocycles. The van der Waals surface area contributed by atoms with Gasteiger partial charge in [0.2, 0.25) is 0 Å². The highest BCUT2D eigenvalue weighted by Gasteiger charge is 2.54. The van der Waals surface area contributed by atoms with Gasteiger partial charge in [0.25, 0.3) is 5.91 Å². The van der Waals surface area contributed by atoms with E-state index in [-0.39, 0.29) is 17.8 Å². The van der Waals surface area contributed by atoms with Gasteiger partial charge >= 0.3 is 5.97 Å². The highest BCUT2D eigenvalue weighted by atomic mass is 16.5. The third-order valence-corrected chi connectivity index (χ3v) is 7.35. The topological polar surface area (TPSA) is 68.3 Å². The van der Waals surface area contributed by atoms with Crippen LogP contribution in [-0.2, 0) is 14.3 Å². The molecule has 1 amide bonds. The quantitative estimate of drug-likeness (QED) is 0.669. The van der Waals surface area contributed by atoms with Crippen LogP contribution in [0.1, 0.15) is 43.0 Å². The van der Waals surface area contributed by atoms with Gasteiger partial charge in [-0.3, -0.25) is 14.5 Å². The molecule has 2 aliphatic heterocycles. The van der Waals surface area contributed by atoms with Crippen LogP contribution in [0.4, 0.5) is 0 Å². The first-order valence-electron chi connectivity index (χ1n) is 11.5. The fourth-order valence-electron chi connectivity index (χ4n) is 5.61. The summed E-state index contributed by atoms with van der Waals surface area (Å²) >= 11 is 0. The van der Waals surface area contributed by atoms with Crippen molar-refractivity contribution >= 4 is 11.9 Å². The number of carbonyl (C=O) groups is 2. The molecule has 0 unspecified atom stereocenters. The Balaban J connectivity index is 1.51. The molecule has 4 rings (SSSR count). The van der Waals surface area contributed by atoms with Crippen molar-refractivity contribution in [3.63, 3.8) is 0 Å². The average Bonchev–Trinajstić information content (AvgIpc) is 2.83. The van der Waals surface area contributed by atoms with E-state index in [2.05, 4.69) is 4.90 Å². The second-order valence-corrected chi connectivity index (χ2v) is 8.89. The largest absolute Gasteiger partial charge is 0.497 e. The minimum atomic E-state index is -0.598. The van der Waals surface area contributed by atoms with Crippen molar-refractivity contribution in [3.8, 4) is 5.75 Å². The van der Waals surface area contributed by atoms with Crippen molar-refractivity contribution in [2.24, 2.45) is 11.3 Å². The zero-order valence-corrected chi connectivity index (χ0v) is 18.7. The summed E-state index contributed by atoms with van der Waals surface area (Å²) in [6.07, 6.45) is 3.55. The molecule has 1 aliphatic carbocycles. The third kappa shape index (κ3) is 4.44. The zero-order valence-electron chi connectivity index (χ0n) is 18.7. The number of methoxy groups -OCH3 is 1. The lowest BCUT2D eigenvalue weighted by atomic mass is 9.61. The molecule has 2 saturated heterocycles. The highest BCUT2D eigenvalue weighted by molar-refractivity contribution is 5.95. The van der Waals surface area contributed by atoms with Gasteiger partial charge in [-0.05, 0) is 62.8 Å². The van der Waals surface area contributed by atoms with E-state index in [1.165, 1.54) is 0 Å². The fourth-order valence-corrected chi connectivity index (χ4v) is 5.61. The number of esters is 1. The van der Waals surface area contributed by atoms with Gasteiger partial charge in [-0.2, -0.15) is 0 Å². The van der Waals surface area contributed by atoms with E-state index in [1.807, 2.05) is 11.8 Å². The first-order chi connectivity index (χ1) is 15.1. The number of morpholine rings is 1. The number of benzene rings is 1. The molecule has 0 aromatic heterocycles. The van der Waals surface area contributed by atoms with Gasteiger partial charge in [-0.25, -0.2) is 0 Å². The summed E-state index contributed by atoms with van der Waals surface area (Å²) in [5, 5.41) is 0. The molecule has 3 atom stereocenters. The monoisotopic (exact) mass is 430 g/mol. The van der Waals surface area contributed by atoms with Gasteiger partial charge in [-0.1, -0.05) is 0 Å². The van der Waals surface area contributed by atoms with Crippen LogP contribution in [0.25, 0.3) is 0 Å². The van der Waals surface area contributed by atoms with E-state index in [9.17, 15) is 9.59 Å². The molecule has 170 valence electrons. The minimum absolute atomic E-state index is 0.0277. The molecule has 0 N–H and O–H groups in total. The van der Waals surface area contributed by atoms with Crippen LogP contribution in [0.5, 0.6) is 5.75 Å². The highest BCUT2D eigenvalue weighted by Crippen LogP contribution is 2.48. The molecule has 1 aromatic rings. The molecule has 3 aliphatic rings. The van der Waals surface area contributed by atoms with E-state index in [0.717, 1.165) is 57.7 Å². The molecule has 0 bridgehead atoms. The second kappa shape index (κ2) is 9.57. The molecule has 1 aromatic carbocycles. The number of piperidine rings is 1. The number of nitrogens with zero attached hydrogens (tertiary/aromatic N) is 2. The van der Waals surface area contributed by atoms with Crippen LogP contribution in [0.15, 0.2) is 24.3 Å². The van der Waals surface area contributed by atoms with Crippen molar-refractivity contribution in [1.82, 2.24) is 9.80 Å². The van der Waals surface area contributed by atoms with Crippen LogP contribution in [0.3, 0.4) is 0 Å². The lowest BCUT2D eigenvalue weighted by Crippen LogP contribution is -2.59. The molecular weight excluding hydrogens is 396 g/mol. The number of carbonyl (C=O) groups excluding carboxylic acids is 2. The van der Waals surface area contributed by atoms with E-state index in [4.69, 9.17) is 14.2 Å². The maximum Gasteiger partial charge on any atom is 0.314 e. The van der Waals surface area contributed by atoms with Crippen LogP contribution in [0, 0.1) is 11.3 Å². The van der Waals surface area contributed by atoms with E-state index < -0.39 is 5.41 Å². The predicted molar refractivity (Wildman–Crippen MR) is 116 cm³/mol. The summed E-state index contributed by atoms with van der Waals surface area (Å²) in [6, 6.07) is 7.67. The molecule has 2 heterocycles. The normalized spacial score (nSPS) is 29.2. The summed E-state index contributed by atoms with van der Waals surface area (Å²) in [4.78, 5) is 30.8. The van der Waals surface area contributed by atoms with Crippen LogP contribution in [-0.4, -0.2) is 80.8 Å². The van der Waals surface area contributed by atoms with Gasteiger partial charge in [0.05, 0.1) is 32.3 Å². The lowest BCUT2D eigenvalue weighted by molar-refractivity contribution is -0.168. The SMILES string of the molecule is CCOC(=O)[C@@]12CC[C@H](N3CCOCC3)C[C@H]1CCN(C(=O)c1ccc(OC)cc1)C2. The number of rotatable bonds is 5. The van der Waals surface area contributed by atoms with Crippen molar-refractivity contribution in [2.75, 3.05) is 53.1 Å². The molecule has 31 heavy (non-hydrogen) atoms. The molecule has 0 radical (unpaired) electrons. The Kier molecular flexibility index (Phi) is 6.82. The Labute approximate surface area is 184 Å². The maximum absolute atomic E-state index is 13.2. The standard InChI is InChI=1S/C24H34N2O5/c1-3-31-23(28)24-10-8-20(25-12-14-30-15-13-25)16-19(24)9-11-26(17-24)22(27)18-4-6-21(29-2)7-5-18/h4-7,19-20H,3,8-17H2,1-2H3/t19-,20+,24-/m1/s1. The predicted octanol–water partition coefficient (Wildman–Crippen LogP) is 2.59. The number of ether oxygens (including phenoxy) is 3. The number of hydrogen-bond acceptors (Lipinski definition) is 6. The van der Waals surface area contributed by atoms with Gasteiger partial charge in [0.15, 0.2) is 0 Å². The number of hydrogen-bond donors (Lipinski definition) is 0. The van der Waals surface area contributed by atoms with Crippen LogP contribution < -0.4 is 4.74 Å². The lowest BCUT2D eigenvalue weighted by Gasteiger charge is -2.52. The van der Waals surface area contributed by atoms with Crippen LogP contribution in [0.2, 0.25) is 0 Å². The third-order valence-electron chi connectivity index (χ3n) is 7.35. The Morgan fingerprint density at radius 1 is 1.13 bits per heavy atom. The summed E-state index contributed by atoms with van der Waals surface area (Å²) < 4.78 is 16.3. The Hall–Kier alpha value is -2.12. The maximum atomic E-state index is 13.2. The Morgan fingerprint density at radius 3 is 2.55 bits per heavy atom. The van der Waals surface area contributed by atoms with E-state index >= 15 is 0 Å². The van der Waals surface area contributed by atoms with Gasteiger partial charge < -0.3 is 19.1 Å². The second-order valence-electron chi connectivity index (χ2n) is 8.89. The minimum Gasteiger partial charge on any atom is -0.497 e. The molecule has 7 heteroatoms. The van der Waals surface area contributed by atoms with E-state index in [1.54, 1.807) is 31.4 Å². The molecule has 3 fully saturated rings. The van der Waals surface area contributed by atoms with Crippen molar-refractivity contribution in [3.05, 3.63) is 29.8 Å². The van der Waals surface area contributed by atoms with Gasteiger partial charge in [0.1, 0.15) is 5.75 Å². The number of fused-ring (bicyclic) bond motifs is 1. The van der Waals surface area contributed by atoms with Gasteiger partial charge in [-0.15, -0.1) is 0 Å². The number of amides is 1. The summed E-state index contributed by atoms with van der Waals surface area (Å²) in [6.45, 7) is 6.84. The summed E-state index contributed by atoms with van der Waals surface area (Å²) in [7, 11) is 1.61. The Bertz CT molecular complexity index is 777. The average molecular weight is 431 g/mol. The summed E-state index contributed by atoms with van der Waals surface area (Å²) in [5.74, 6) is 0.806. The first-order valence-corrected chi connectivity index (χ1v) is 11.5. The van der Waals surface area contributed by atoms with Gasteiger partial charge in [0, 0.05) is 37.8 Å². The molecule has 7 nitrogen and oxygen atoms in total. The smallest absolute Gasteiger partial charge is 0.314 e. The summed E-state index contributed by atoms with van der Waals surface area (Å²) in [5.41, 5.74) is 0.0272. The fraction of sp³-hybridized carbons (Fsp3) is 0.667. The molecular formula is C24H34N2O5. The van der Waals surface area contributed by atoms with E-state index in [0.29, 0.717) is 31.3 Å². The number of likely N-dealkylation sites (tertiary alicyclic amines) is 1. The zero-order chi connectivity index (χ0) is 21.8. The Morgan fingerprint density at radius 2 is 1.87 bits per heavy atom. The molecule has 0 spiro atoms. The first kappa shape index (κ1) is 22.1.